The lowest BCUT2D eigenvalue weighted by molar-refractivity contribution is 0.0232. The van der Waals surface area contributed by atoms with Crippen LogP contribution in [-0.2, 0) is 9.47 Å². The summed E-state index contributed by atoms with van der Waals surface area (Å²) in [6.45, 7) is 8.51. The fraction of sp³-hybridized carbons (Fsp3) is 1.00. The molecule has 0 aromatic carbocycles. The lowest BCUT2D eigenvalue weighted by atomic mass is 9.92. The summed E-state index contributed by atoms with van der Waals surface area (Å²) in [4.78, 5) is 0. The molecule has 1 aliphatic rings. The smallest absolute Gasteiger partial charge is 0.104 e. The van der Waals surface area contributed by atoms with E-state index in [-0.39, 0.29) is 0 Å². The van der Waals surface area contributed by atoms with Crippen LogP contribution in [0.15, 0.2) is 0 Å². The molecule has 3 atom stereocenters. The topological polar surface area (TPSA) is 21.8 Å². The van der Waals surface area contributed by atoms with E-state index in [1.807, 2.05) is 0 Å². The highest BCUT2D eigenvalue weighted by atomic mass is 16.6. The minimum Gasteiger partial charge on any atom is -0.375 e. The van der Waals surface area contributed by atoms with Crippen LogP contribution in [0, 0.1) is 5.92 Å². The maximum absolute atomic E-state index is 5.90. The van der Waals surface area contributed by atoms with Crippen LogP contribution in [0.2, 0.25) is 0 Å². The molecule has 0 bridgehead atoms. The number of hydrogen-bond donors (Lipinski definition) is 0. The van der Waals surface area contributed by atoms with Gasteiger partial charge in [0.15, 0.2) is 0 Å². The highest BCUT2D eigenvalue weighted by Crippen LogP contribution is 2.22. The van der Waals surface area contributed by atoms with Crippen molar-refractivity contribution in [2.75, 3.05) is 13.2 Å². The predicted molar refractivity (Wildman–Crippen MR) is 67.7 cm³/mol. The lowest BCUT2D eigenvalue weighted by Crippen LogP contribution is -2.19. The molecule has 1 heterocycles. The van der Waals surface area contributed by atoms with Crippen molar-refractivity contribution in [2.45, 2.75) is 71.5 Å². The van der Waals surface area contributed by atoms with Gasteiger partial charge < -0.3 is 9.47 Å². The van der Waals surface area contributed by atoms with E-state index in [1.54, 1.807) is 0 Å². The van der Waals surface area contributed by atoms with E-state index in [9.17, 15) is 0 Å². The standard InChI is InChI=1S/C14H28O2/c1-4-7-8-12(5-2)9-13(6-3)15-10-14-11-16-14/h12-14H,4-11H2,1-3H3. The molecule has 0 N–H and O–H groups in total. The van der Waals surface area contributed by atoms with Crippen LogP contribution < -0.4 is 0 Å². The van der Waals surface area contributed by atoms with Crippen molar-refractivity contribution >= 4 is 0 Å². The Morgan fingerprint density at radius 2 is 2.00 bits per heavy atom. The second kappa shape index (κ2) is 8.08. The Morgan fingerprint density at radius 1 is 1.25 bits per heavy atom. The molecular formula is C14H28O2. The van der Waals surface area contributed by atoms with Crippen LogP contribution >= 0.6 is 0 Å². The quantitative estimate of drug-likeness (QED) is 0.531. The Bertz CT molecular complexity index is 166. The van der Waals surface area contributed by atoms with Crippen molar-refractivity contribution in [1.29, 1.82) is 0 Å². The number of hydrogen-bond acceptors (Lipinski definition) is 2. The molecule has 16 heavy (non-hydrogen) atoms. The molecular weight excluding hydrogens is 200 g/mol. The zero-order chi connectivity index (χ0) is 11.8. The van der Waals surface area contributed by atoms with Crippen molar-refractivity contribution in [3.05, 3.63) is 0 Å². The first-order chi connectivity index (χ1) is 7.80. The van der Waals surface area contributed by atoms with Crippen LogP contribution in [0.5, 0.6) is 0 Å². The lowest BCUT2D eigenvalue weighted by Gasteiger charge is -2.21. The Kier molecular flexibility index (Phi) is 7.06. The summed E-state index contributed by atoms with van der Waals surface area (Å²) in [6.07, 6.45) is 8.56. The minimum atomic E-state index is 0.407. The first-order valence-corrected chi connectivity index (χ1v) is 7.03. The Balaban J connectivity index is 2.16. The van der Waals surface area contributed by atoms with Crippen LogP contribution in [0.3, 0.4) is 0 Å². The zero-order valence-electron chi connectivity index (χ0n) is 11.2. The molecule has 0 radical (unpaired) electrons. The van der Waals surface area contributed by atoms with Gasteiger partial charge in [0.05, 0.1) is 19.3 Å². The maximum atomic E-state index is 5.90. The third kappa shape index (κ3) is 5.86. The van der Waals surface area contributed by atoms with Crippen LogP contribution in [0.25, 0.3) is 0 Å². The molecule has 2 heteroatoms. The van der Waals surface area contributed by atoms with Gasteiger partial charge in [-0.2, -0.15) is 0 Å². The molecule has 0 saturated carbocycles. The van der Waals surface area contributed by atoms with Crippen LogP contribution in [0.4, 0.5) is 0 Å². The summed E-state index contributed by atoms with van der Waals surface area (Å²) in [5.74, 6) is 0.852. The van der Waals surface area contributed by atoms with Crippen molar-refractivity contribution in [2.24, 2.45) is 5.92 Å². The Hall–Kier alpha value is -0.0800. The third-order valence-corrected chi connectivity index (χ3v) is 3.52. The molecule has 0 spiro atoms. The summed E-state index contributed by atoms with van der Waals surface area (Å²) >= 11 is 0. The van der Waals surface area contributed by atoms with Gasteiger partial charge >= 0.3 is 0 Å². The van der Waals surface area contributed by atoms with E-state index in [0.29, 0.717) is 12.2 Å². The highest BCUT2D eigenvalue weighted by molar-refractivity contribution is 4.70. The average molecular weight is 228 g/mol. The SMILES string of the molecule is CCCCC(CC)CC(CC)OCC1CO1. The second-order valence-corrected chi connectivity index (χ2v) is 4.97. The summed E-state index contributed by atoms with van der Waals surface area (Å²) in [7, 11) is 0. The largest absolute Gasteiger partial charge is 0.375 e. The first kappa shape index (κ1) is 14.0. The van der Waals surface area contributed by atoms with E-state index in [2.05, 4.69) is 20.8 Å². The van der Waals surface area contributed by atoms with Gasteiger partial charge in [-0.05, 0) is 18.8 Å². The van der Waals surface area contributed by atoms with Gasteiger partial charge in [0.1, 0.15) is 6.10 Å². The monoisotopic (exact) mass is 228 g/mol. The van der Waals surface area contributed by atoms with Gasteiger partial charge in [-0.25, -0.2) is 0 Å². The van der Waals surface area contributed by atoms with Gasteiger partial charge in [-0.1, -0.05) is 46.5 Å². The van der Waals surface area contributed by atoms with Crippen LogP contribution in [0.1, 0.15) is 59.3 Å². The summed E-state index contributed by atoms with van der Waals surface area (Å²) in [5.41, 5.74) is 0. The van der Waals surface area contributed by atoms with Gasteiger partial charge in [0.25, 0.3) is 0 Å². The molecule has 0 aromatic rings. The van der Waals surface area contributed by atoms with E-state index < -0.39 is 0 Å². The molecule has 0 aromatic heterocycles. The fourth-order valence-electron chi connectivity index (χ4n) is 2.11. The number of epoxide rings is 1. The average Bonchev–Trinajstić information content (AvgIpc) is 3.12. The zero-order valence-corrected chi connectivity index (χ0v) is 11.2. The molecule has 0 amide bonds. The molecule has 96 valence electrons. The summed E-state index contributed by atoms with van der Waals surface area (Å²) in [6, 6.07) is 0. The van der Waals surface area contributed by atoms with Gasteiger partial charge in [-0.3, -0.25) is 0 Å². The first-order valence-electron chi connectivity index (χ1n) is 7.03. The second-order valence-electron chi connectivity index (χ2n) is 4.97. The van der Waals surface area contributed by atoms with Gasteiger partial charge in [0.2, 0.25) is 0 Å². The summed E-state index contributed by atoms with van der Waals surface area (Å²) in [5, 5.41) is 0. The van der Waals surface area contributed by atoms with Gasteiger partial charge in [0, 0.05) is 0 Å². The Labute approximate surface area is 101 Å². The number of rotatable bonds is 10. The maximum Gasteiger partial charge on any atom is 0.104 e. The Morgan fingerprint density at radius 3 is 2.50 bits per heavy atom. The highest BCUT2D eigenvalue weighted by Gasteiger charge is 2.24. The molecule has 1 fully saturated rings. The number of ether oxygens (including phenoxy) is 2. The van der Waals surface area contributed by atoms with Crippen LogP contribution in [-0.4, -0.2) is 25.4 Å². The third-order valence-electron chi connectivity index (χ3n) is 3.52. The molecule has 1 saturated heterocycles. The van der Waals surface area contributed by atoms with E-state index in [4.69, 9.17) is 9.47 Å². The summed E-state index contributed by atoms with van der Waals surface area (Å²) < 4.78 is 11.1. The van der Waals surface area contributed by atoms with Crippen molar-refractivity contribution in [3.63, 3.8) is 0 Å². The van der Waals surface area contributed by atoms with E-state index >= 15 is 0 Å². The molecule has 2 nitrogen and oxygen atoms in total. The van der Waals surface area contributed by atoms with E-state index in [0.717, 1.165) is 25.6 Å². The normalized spacial score (nSPS) is 23.1. The molecule has 3 unspecified atom stereocenters. The van der Waals surface area contributed by atoms with E-state index in [1.165, 1.54) is 32.1 Å². The molecule has 1 rings (SSSR count). The molecule has 0 aliphatic carbocycles. The van der Waals surface area contributed by atoms with Crippen molar-refractivity contribution in [3.8, 4) is 0 Å². The van der Waals surface area contributed by atoms with Crippen molar-refractivity contribution in [1.82, 2.24) is 0 Å². The number of unbranched alkanes of at least 4 members (excludes halogenated alkanes) is 1. The predicted octanol–water partition coefficient (Wildman–Crippen LogP) is 3.79. The van der Waals surface area contributed by atoms with Crippen molar-refractivity contribution < 1.29 is 9.47 Å². The fourth-order valence-corrected chi connectivity index (χ4v) is 2.11. The van der Waals surface area contributed by atoms with Gasteiger partial charge in [-0.15, -0.1) is 0 Å². The minimum absolute atomic E-state index is 0.407. The molecule has 1 aliphatic heterocycles.